The Morgan fingerprint density at radius 3 is 2.87 bits per heavy atom. The van der Waals surface area contributed by atoms with Gasteiger partial charge in [-0.3, -0.25) is 4.90 Å². The molecule has 0 amide bonds. The Hall–Kier alpha value is -0.380. The molecule has 3 nitrogen and oxygen atoms in total. The normalized spacial score (nSPS) is 32.1. The third-order valence-electron chi connectivity index (χ3n) is 3.20. The molecule has 2 rings (SSSR count). The topological polar surface area (TPSA) is 35.5 Å². The first kappa shape index (κ1) is 11.1. The number of nitrogens with zero attached hydrogens (tertiary/aromatic N) is 1. The second kappa shape index (κ2) is 4.24. The van der Waals surface area contributed by atoms with Crippen LogP contribution in [0.1, 0.15) is 26.2 Å². The summed E-state index contributed by atoms with van der Waals surface area (Å²) in [6, 6.07) is 0.753. The van der Waals surface area contributed by atoms with Crippen LogP contribution in [-0.2, 0) is 0 Å². The van der Waals surface area contributed by atoms with Crippen LogP contribution in [0.15, 0.2) is 12.2 Å². The Kier molecular flexibility index (Phi) is 3.14. The Labute approximate surface area is 92.2 Å². The maximum Gasteiger partial charge on any atom is 0.0758 e. The van der Waals surface area contributed by atoms with Gasteiger partial charge in [0.15, 0.2) is 0 Å². The van der Waals surface area contributed by atoms with Crippen LogP contribution in [0.25, 0.3) is 0 Å². The van der Waals surface area contributed by atoms with Gasteiger partial charge in [-0.25, -0.2) is 0 Å². The van der Waals surface area contributed by atoms with Gasteiger partial charge in [0.25, 0.3) is 0 Å². The molecule has 1 atom stereocenters. The second-order valence-corrected chi connectivity index (χ2v) is 5.36. The highest BCUT2D eigenvalue weighted by atomic mass is 16.3. The number of hydrogen-bond donors (Lipinski definition) is 2. The monoisotopic (exact) mass is 210 g/mol. The van der Waals surface area contributed by atoms with E-state index in [1.165, 1.54) is 18.4 Å². The average molecular weight is 210 g/mol. The van der Waals surface area contributed by atoms with Crippen LogP contribution < -0.4 is 5.32 Å². The second-order valence-electron chi connectivity index (χ2n) is 5.36. The van der Waals surface area contributed by atoms with Crippen molar-refractivity contribution in [2.24, 2.45) is 0 Å². The van der Waals surface area contributed by atoms with Gasteiger partial charge in [0.1, 0.15) is 0 Å². The molecular weight excluding hydrogens is 188 g/mol. The largest absolute Gasteiger partial charge is 0.389 e. The smallest absolute Gasteiger partial charge is 0.0758 e. The fraction of sp³-hybridized carbons (Fsp3) is 0.833. The van der Waals surface area contributed by atoms with Gasteiger partial charge < -0.3 is 10.4 Å². The van der Waals surface area contributed by atoms with Crippen LogP contribution in [0, 0.1) is 0 Å². The quantitative estimate of drug-likeness (QED) is 0.657. The van der Waals surface area contributed by atoms with E-state index < -0.39 is 5.60 Å². The zero-order chi connectivity index (χ0) is 10.9. The van der Waals surface area contributed by atoms with Crippen molar-refractivity contribution in [2.45, 2.75) is 37.8 Å². The molecule has 86 valence electrons. The van der Waals surface area contributed by atoms with Gasteiger partial charge >= 0.3 is 0 Å². The Morgan fingerprint density at radius 2 is 2.33 bits per heavy atom. The molecule has 2 N–H and O–H groups in total. The van der Waals surface area contributed by atoms with Crippen LogP contribution in [0.4, 0.5) is 0 Å². The predicted molar refractivity (Wildman–Crippen MR) is 61.8 cm³/mol. The van der Waals surface area contributed by atoms with Crippen molar-refractivity contribution in [1.29, 1.82) is 0 Å². The van der Waals surface area contributed by atoms with Crippen LogP contribution >= 0.6 is 0 Å². The first-order valence-electron chi connectivity index (χ1n) is 5.90. The zero-order valence-electron chi connectivity index (χ0n) is 9.63. The van der Waals surface area contributed by atoms with Crippen LogP contribution in [0.5, 0.6) is 0 Å². The molecule has 2 fully saturated rings. The maximum atomic E-state index is 9.82. The highest BCUT2D eigenvalue weighted by Gasteiger charge is 2.31. The molecule has 0 spiro atoms. The van der Waals surface area contributed by atoms with Gasteiger partial charge in [-0.1, -0.05) is 6.58 Å². The molecule has 1 aliphatic heterocycles. The number of rotatable bonds is 5. The SMILES string of the molecule is C=C(CNC1CC1)CN1CCC(C)(O)C1. The van der Waals surface area contributed by atoms with Crippen molar-refractivity contribution in [3.8, 4) is 0 Å². The minimum absolute atomic E-state index is 0.482. The molecule has 1 saturated heterocycles. The van der Waals surface area contributed by atoms with Crippen molar-refractivity contribution in [2.75, 3.05) is 26.2 Å². The maximum absolute atomic E-state index is 9.82. The predicted octanol–water partition coefficient (Wildman–Crippen LogP) is 0.751. The van der Waals surface area contributed by atoms with Crippen molar-refractivity contribution >= 4 is 0 Å². The number of hydrogen-bond acceptors (Lipinski definition) is 3. The third kappa shape index (κ3) is 3.59. The van der Waals surface area contributed by atoms with E-state index in [-0.39, 0.29) is 0 Å². The fourth-order valence-electron chi connectivity index (χ4n) is 2.12. The average Bonchev–Trinajstić information content (AvgIpc) is 2.89. The molecule has 1 unspecified atom stereocenters. The molecule has 3 heteroatoms. The first-order chi connectivity index (χ1) is 7.05. The summed E-state index contributed by atoms with van der Waals surface area (Å²) in [6.07, 6.45) is 3.54. The summed E-state index contributed by atoms with van der Waals surface area (Å²) in [5.41, 5.74) is 0.754. The van der Waals surface area contributed by atoms with E-state index in [1.54, 1.807) is 0 Å². The van der Waals surface area contributed by atoms with Gasteiger partial charge in [-0.2, -0.15) is 0 Å². The lowest BCUT2D eigenvalue weighted by molar-refractivity contribution is 0.0699. The summed E-state index contributed by atoms with van der Waals surface area (Å²) >= 11 is 0. The van der Waals surface area contributed by atoms with Crippen molar-refractivity contribution < 1.29 is 5.11 Å². The summed E-state index contributed by atoms with van der Waals surface area (Å²) in [5.74, 6) is 0. The van der Waals surface area contributed by atoms with E-state index in [0.717, 1.165) is 38.6 Å². The third-order valence-corrected chi connectivity index (χ3v) is 3.20. The molecule has 15 heavy (non-hydrogen) atoms. The summed E-state index contributed by atoms with van der Waals surface area (Å²) < 4.78 is 0. The van der Waals surface area contributed by atoms with E-state index in [0.29, 0.717) is 0 Å². The first-order valence-corrected chi connectivity index (χ1v) is 5.90. The molecule has 2 aliphatic rings. The van der Waals surface area contributed by atoms with E-state index in [4.69, 9.17) is 0 Å². The zero-order valence-corrected chi connectivity index (χ0v) is 9.63. The van der Waals surface area contributed by atoms with E-state index in [2.05, 4.69) is 16.8 Å². The van der Waals surface area contributed by atoms with Crippen molar-refractivity contribution in [3.05, 3.63) is 12.2 Å². The fourth-order valence-corrected chi connectivity index (χ4v) is 2.12. The van der Waals surface area contributed by atoms with Gasteiger partial charge in [0.05, 0.1) is 5.60 Å². The molecular formula is C12H22N2O. The van der Waals surface area contributed by atoms with Crippen LogP contribution in [0.3, 0.4) is 0 Å². The van der Waals surface area contributed by atoms with Gasteiger partial charge in [-0.15, -0.1) is 0 Å². The molecule has 1 saturated carbocycles. The van der Waals surface area contributed by atoms with E-state index in [1.807, 2.05) is 6.92 Å². The summed E-state index contributed by atoms with van der Waals surface area (Å²) in [7, 11) is 0. The Balaban J connectivity index is 1.65. The standard InChI is InChI=1S/C12H22N2O/c1-10(7-13-11-3-4-11)8-14-6-5-12(2,15)9-14/h11,13,15H,1,3-9H2,2H3. The van der Waals surface area contributed by atoms with Crippen LogP contribution in [-0.4, -0.2) is 47.8 Å². The molecule has 0 bridgehead atoms. The van der Waals surface area contributed by atoms with Gasteiger partial charge in [0.2, 0.25) is 0 Å². The molecule has 0 aromatic carbocycles. The number of nitrogens with one attached hydrogen (secondary N) is 1. The van der Waals surface area contributed by atoms with Crippen LogP contribution in [0.2, 0.25) is 0 Å². The van der Waals surface area contributed by atoms with Crippen molar-refractivity contribution in [1.82, 2.24) is 10.2 Å². The van der Waals surface area contributed by atoms with Gasteiger partial charge in [0, 0.05) is 32.2 Å². The lowest BCUT2D eigenvalue weighted by Crippen LogP contribution is -2.32. The lowest BCUT2D eigenvalue weighted by atomic mass is 10.1. The Morgan fingerprint density at radius 1 is 1.60 bits per heavy atom. The minimum Gasteiger partial charge on any atom is -0.389 e. The number of β-amino-alcohol motifs (C(OH)–C–C–N with tert-alkyl or cyclic N) is 1. The molecule has 1 aliphatic carbocycles. The van der Waals surface area contributed by atoms with Crippen molar-refractivity contribution in [3.63, 3.8) is 0 Å². The minimum atomic E-state index is -0.482. The molecule has 0 aromatic rings. The highest BCUT2D eigenvalue weighted by Crippen LogP contribution is 2.21. The molecule has 0 aromatic heterocycles. The summed E-state index contributed by atoms with van der Waals surface area (Å²) in [4.78, 5) is 2.29. The van der Waals surface area contributed by atoms with E-state index in [9.17, 15) is 5.11 Å². The lowest BCUT2D eigenvalue weighted by Gasteiger charge is -2.19. The highest BCUT2D eigenvalue weighted by molar-refractivity contribution is 5.03. The van der Waals surface area contributed by atoms with Gasteiger partial charge in [-0.05, 0) is 31.8 Å². The number of aliphatic hydroxyl groups is 1. The Bertz CT molecular complexity index is 246. The summed E-state index contributed by atoms with van der Waals surface area (Å²) in [6.45, 7) is 9.64. The molecule has 0 radical (unpaired) electrons. The summed E-state index contributed by atoms with van der Waals surface area (Å²) in [5, 5.41) is 13.3. The van der Waals surface area contributed by atoms with E-state index >= 15 is 0 Å². The molecule has 1 heterocycles. The number of likely N-dealkylation sites (tertiary alicyclic amines) is 1.